The van der Waals surface area contributed by atoms with Gasteiger partial charge in [-0.1, -0.05) is 12.8 Å². The number of carbonyl (C=O) groups excluding carboxylic acids is 1. The molecule has 1 amide bonds. The number of nitrogens with one attached hydrogen (secondary N) is 2. The highest BCUT2D eigenvalue weighted by molar-refractivity contribution is 5.79. The summed E-state index contributed by atoms with van der Waals surface area (Å²) < 4.78 is 0. The van der Waals surface area contributed by atoms with E-state index in [1.54, 1.807) is 6.92 Å². The molecule has 0 aliphatic carbocycles. The van der Waals surface area contributed by atoms with Crippen LogP contribution in [0.25, 0.3) is 0 Å². The van der Waals surface area contributed by atoms with Crippen LogP contribution < -0.4 is 10.6 Å². The molecule has 1 heterocycles. The van der Waals surface area contributed by atoms with Gasteiger partial charge in [0.05, 0.1) is 12.5 Å². The standard InChI is InChI=1S/C10H16N2O/c1-3-4-5-12-10(13)9-7-11-6-8(9)2/h8-9,11H,5-7H2,1-2H3,(H,12,13)/t8-,9-/m1/s1. The van der Waals surface area contributed by atoms with Crippen LogP contribution in [-0.2, 0) is 4.79 Å². The van der Waals surface area contributed by atoms with Crippen molar-refractivity contribution in [2.24, 2.45) is 11.8 Å². The highest BCUT2D eigenvalue weighted by atomic mass is 16.1. The molecule has 1 saturated heterocycles. The van der Waals surface area contributed by atoms with Crippen molar-refractivity contribution in [3.05, 3.63) is 0 Å². The van der Waals surface area contributed by atoms with E-state index < -0.39 is 0 Å². The van der Waals surface area contributed by atoms with Crippen molar-refractivity contribution in [1.29, 1.82) is 0 Å². The Morgan fingerprint density at radius 1 is 1.62 bits per heavy atom. The smallest absolute Gasteiger partial charge is 0.225 e. The maximum Gasteiger partial charge on any atom is 0.225 e. The van der Waals surface area contributed by atoms with Gasteiger partial charge in [0.15, 0.2) is 0 Å². The van der Waals surface area contributed by atoms with Crippen molar-refractivity contribution in [3.63, 3.8) is 0 Å². The van der Waals surface area contributed by atoms with Crippen molar-refractivity contribution in [2.75, 3.05) is 19.6 Å². The third kappa shape index (κ3) is 2.74. The van der Waals surface area contributed by atoms with Crippen LogP contribution in [0.1, 0.15) is 13.8 Å². The van der Waals surface area contributed by atoms with E-state index in [0.29, 0.717) is 12.5 Å². The van der Waals surface area contributed by atoms with Crippen LogP contribution in [0.3, 0.4) is 0 Å². The molecule has 72 valence electrons. The molecule has 0 aromatic rings. The highest BCUT2D eigenvalue weighted by Gasteiger charge is 2.28. The van der Waals surface area contributed by atoms with E-state index in [4.69, 9.17) is 0 Å². The highest BCUT2D eigenvalue weighted by Crippen LogP contribution is 2.15. The van der Waals surface area contributed by atoms with Gasteiger partial charge in [-0.15, -0.1) is 5.92 Å². The second-order valence-electron chi connectivity index (χ2n) is 3.39. The Balaban J connectivity index is 2.33. The molecule has 13 heavy (non-hydrogen) atoms. The quantitative estimate of drug-likeness (QED) is 0.586. The third-order valence-corrected chi connectivity index (χ3v) is 2.38. The van der Waals surface area contributed by atoms with E-state index in [1.165, 1.54) is 0 Å². The van der Waals surface area contributed by atoms with Crippen molar-refractivity contribution in [1.82, 2.24) is 10.6 Å². The summed E-state index contributed by atoms with van der Waals surface area (Å²) in [5, 5.41) is 6.00. The van der Waals surface area contributed by atoms with Crippen LogP contribution in [0, 0.1) is 23.7 Å². The SMILES string of the molecule is CC#CCNC(=O)[C@@H]1CNC[C@H]1C. The average molecular weight is 180 g/mol. The number of carbonyl (C=O) groups is 1. The lowest BCUT2D eigenvalue weighted by Gasteiger charge is -2.12. The van der Waals surface area contributed by atoms with E-state index in [0.717, 1.165) is 13.1 Å². The van der Waals surface area contributed by atoms with Crippen molar-refractivity contribution < 1.29 is 4.79 Å². The minimum absolute atomic E-state index is 0.124. The van der Waals surface area contributed by atoms with Gasteiger partial charge in [0, 0.05) is 6.54 Å². The lowest BCUT2D eigenvalue weighted by Crippen LogP contribution is -2.34. The lowest BCUT2D eigenvalue weighted by molar-refractivity contribution is -0.125. The van der Waals surface area contributed by atoms with Gasteiger partial charge in [-0.2, -0.15) is 0 Å². The van der Waals surface area contributed by atoms with Crippen molar-refractivity contribution >= 4 is 5.91 Å². The summed E-state index contributed by atoms with van der Waals surface area (Å²) in [5.41, 5.74) is 0. The molecule has 3 nitrogen and oxygen atoms in total. The maximum absolute atomic E-state index is 11.5. The summed E-state index contributed by atoms with van der Waals surface area (Å²) in [7, 11) is 0. The molecule has 0 aromatic heterocycles. The van der Waals surface area contributed by atoms with Gasteiger partial charge >= 0.3 is 0 Å². The molecule has 1 aliphatic heterocycles. The number of amides is 1. The first-order valence-electron chi connectivity index (χ1n) is 4.63. The minimum atomic E-state index is 0.124. The van der Waals surface area contributed by atoms with Crippen LogP contribution in [0.4, 0.5) is 0 Å². The summed E-state index contributed by atoms with van der Waals surface area (Å²) in [6.45, 7) is 6.07. The molecule has 0 unspecified atom stereocenters. The van der Waals surface area contributed by atoms with Crippen LogP contribution in [0.15, 0.2) is 0 Å². The number of hydrogen-bond acceptors (Lipinski definition) is 2. The molecule has 1 aliphatic rings. The van der Waals surface area contributed by atoms with Gasteiger partial charge in [0.1, 0.15) is 0 Å². The molecule has 1 rings (SSSR count). The lowest BCUT2D eigenvalue weighted by atomic mass is 9.97. The Morgan fingerprint density at radius 3 is 2.92 bits per heavy atom. The van der Waals surface area contributed by atoms with E-state index in [2.05, 4.69) is 29.4 Å². The molecule has 0 radical (unpaired) electrons. The van der Waals surface area contributed by atoms with Crippen LogP contribution in [-0.4, -0.2) is 25.5 Å². The second-order valence-corrected chi connectivity index (χ2v) is 3.39. The Morgan fingerprint density at radius 2 is 2.38 bits per heavy atom. The molecular formula is C10H16N2O. The molecule has 0 spiro atoms. The Kier molecular flexibility index (Phi) is 3.78. The first-order valence-corrected chi connectivity index (χ1v) is 4.63. The van der Waals surface area contributed by atoms with E-state index >= 15 is 0 Å². The first kappa shape index (κ1) is 10.1. The average Bonchev–Trinajstić information content (AvgIpc) is 2.52. The van der Waals surface area contributed by atoms with Crippen LogP contribution in [0.5, 0.6) is 0 Å². The summed E-state index contributed by atoms with van der Waals surface area (Å²) in [4.78, 5) is 11.5. The summed E-state index contributed by atoms with van der Waals surface area (Å²) in [6, 6.07) is 0. The normalized spacial score (nSPS) is 26.3. The topological polar surface area (TPSA) is 41.1 Å². The Bertz CT molecular complexity index is 239. The van der Waals surface area contributed by atoms with Gasteiger partial charge in [-0.05, 0) is 19.4 Å². The second kappa shape index (κ2) is 4.88. The fourth-order valence-electron chi connectivity index (χ4n) is 1.51. The molecule has 0 aromatic carbocycles. The summed E-state index contributed by atoms with van der Waals surface area (Å²) >= 11 is 0. The van der Waals surface area contributed by atoms with Crippen molar-refractivity contribution in [3.8, 4) is 11.8 Å². The predicted octanol–water partition coefficient (Wildman–Crippen LogP) is -0.0186. The molecule has 1 fully saturated rings. The van der Waals surface area contributed by atoms with Crippen LogP contribution >= 0.6 is 0 Å². The maximum atomic E-state index is 11.5. The third-order valence-electron chi connectivity index (χ3n) is 2.38. The summed E-state index contributed by atoms with van der Waals surface area (Å²) in [5.74, 6) is 6.25. The van der Waals surface area contributed by atoms with Crippen molar-refractivity contribution in [2.45, 2.75) is 13.8 Å². The molecule has 0 bridgehead atoms. The monoisotopic (exact) mass is 180 g/mol. The van der Waals surface area contributed by atoms with E-state index in [9.17, 15) is 4.79 Å². The Hall–Kier alpha value is -1.01. The fraction of sp³-hybridized carbons (Fsp3) is 0.700. The minimum Gasteiger partial charge on any atom is -0.345 e. The molecule has 2 atom stereocenters. The zero-order valence-electron chi connectivity index (χ0n) is 8.18. The van der Waals surface area contributed by atoms with Gasteiger partial charge in [-0.25, -0.2) is 0 Å². The van der Waals surface area contributed by atoms with Gasteiger partial charge in [0.2, 0.25) is 5.91 Å². The molecule has 2 N–H and O–H groups in total. The fourth-order valence-corrected chi connectivity index (χ4v) is 1.51. The van der Waals surface area contributed by atoms with Gasteiger partial charge in [0.25, 0.3) is 0 Å². The van der Waals surface area contributed by atoms with Gasteiger partial charge < -0.3 is 10.6 Å². The number of hydrogen-bond donors (Lipinski definition) is 2. The van der Waals surface area contributed by atoms with E-state index in [-0.39, 0.29) is 11.8 Å². The van der Waals surface area contributed by atoms with Crippen LogP contribution in [0.2, 0.25) is 0 Å². The number of rotatable bonds is 2. The van der Waals surface area contributed by atoms with E-state index in [1.807, 2.05) is 0 Å². The Labute approximate surface area is 79.3 Å². The zero-order chi connectivity index (χ0) is 9.68. The predicted molar refractivity (Wildman–Crippen MR) is 52.0 cm³/mol. The van der Waals surface area contributed by atoms with Gasteiger partial charge in [-0.3, -0.25) is 4.79 Å². The molecule has 0 saturated carbocycles. The first-order chi connectivity index (χ1) is 6.25. The molecular weight excluding hydrogens is 164 g/mol. The largest absolute Gasteiger partial charge is 0.345 e. The zero-order valence-corrected chi connectivity index (χ0v) is 8.18. The summed E-state index contributed by atoms with van der Waals surface area (Å²) in [6.07, 6.45) is 0. The molecule has 3 heteroatoms.